The lowest BCUT2D eigenvalue weighted by atomic mass is 9.33. The van der Waals surface area contributed by atoms with E-state index in [1.165, 1.54) is 27.7 Å². The van der Waals surface area contributed by atoms with Crippen molar-refractivity contribution in [2.75, 3.05) is 26.4 Å². The Kier molecular flexibility index (Phi) is 24.8. The quantitative estimate of drug-likeness (QED) is 0.0366. The van der Waals surface area contributed by atoms with Gasteiger partial charge in [-0.15, -0.1) is 0 Å². The smallest absolute Gasteiger partial charge is 0.317 e. The third-order valence-corrected chi connectivity index (χ3v) is 27.3. The van der Waals surface area contributed by atoms with Gasteiger partial charge in [0.25, 0.3) is 0 Å². The molecule has 0 radical (unpaired) electrons. The van der Waals surface area contributed by atoms with E-state index in [0.717, 1.165) is 5.57 Å². The lowest BCUT2D eigenvalue weighted by Gasteiger charge is -2.72. The number of allylic oxidation sites excluding steroid dienone is 2. The minimum Gasteiger partial charge on any atom is -0.432 e. The van der Waals surface area contributed by atoms with Gasteiger partial charge in [-0.25, -0.2) is 0 Å². The molecule has 12 rings (SSSR count). The van der Waals surface area contributed by atoms with Gasteiger partial charge in [0, 0.05) is 5.41 Å². The van der Waals surface area contributed by atoms with Crippen molar-refractivity contribution in [3.8, 4) is 0 Å². The van der Waals surface area contributed by atoms with Gasteiger partial charge in [-0.1, -0.05) is 53.2 Å². The van der Waals surface area contributed by atoms with Crippen LogP contribution in [0.25, 0.3) is 0 Å². The van der Waals surface area contributed by atoms with Crippen molar-refractivity contribution >= 4 is 5.97 Å². The van der Waals surface area contributed by atoms with Gasteiger partial charge in [0.2, 0.25) is 6.29 Å². The van der Waals surface area contributed by atoms with E-state index in [9.17, 15) is 107 Å². The molecule has 11 fully saturated rings. The molecule has 616 valence electrons. The third-order valence-electron chi connectivity index (χ3n) is 27.3. The van der Waals surface area contributed by atoms with Crippen molar-refractivity contribution in [1.29, 1.82) is 0 Å². The molecule has 36 heteroatoms. The van der Waals surface area contributed by atoms with E-state index < -0.39 is 304 Å². The standard InChI is InChI=1S/C71H116O36/c1-24-37(78)42(83)47(88)59(95-24)104-55-44(85)38(79)25(2)96-63(55)102-53-31(76)22-94-58(50(53)91)101-52-27(4)98-60(49(90)46(52)87)105-56-45(86)39(80)26(3)97-64(56)107-65(93)71-16-15-66(5,6)17-29(71)28-11-12-35-67(7)18-30(75)57(68(8,23-74)34(67)13-14-69(35,9)70(28,10)19-36(71)77)106-62-51(92)54(41(82)33(21-73)100-62)103-61-48(89)43(84)40(81)32(20-72)99-61/h11,24-27,29-64,72-92H,12-23H2,1-10H3/t24-,25+,26-,27+,29+,30+,31-,32-,33-,34-,35-,36+,37+,38+,39+,40-,41-,42+,43+,44-,45+,46+,47-,48-,49-,50-,51-,52+,53+,54+,55-,56-,57+,58+,59+,60+,61+,62+,63+,64+,67+,68+,69-,70-,71-/m1/s1. The van der Waals surface area contributed by atoms with Gasteiger partial charge in [-0.3, -0.25) is 4.79 Å². The molecule has 107 heavy (non-hydrogen) atoms. The molecule has 45 atom stereocenters. The van der Waals surface area contributed by atoms with E-state index >= 15 is 4.79 Å². The Hall–Kier alpha value is -2.15. The van der Waals surface area contributed by atoms with E-state index in [1.54, 1.807) is 6.92 Å². The number of hydrogen-bond acceptors (Lipinski definition) is 36. The van der Waals surface area contributed by atoms with E-state index in [-0.39, 0.29) is 25.2 Å². The number of ether oxygens (including phenoxy) is 14. The minimum atomic E-state index is -2.07. The largest absolute Gasteiger partial charge is 0.432 e. The van der Waals surface area contributed by atoms with Crippen LogP contribution in [0.15, 0.2) is 11.6 Å². The van der Waals surface area contributed by atoms with Gasteiger partial charge >= 0.3 is 5.97 Å². The highest BCUT2D eigenvalue weighted by Gasteiger charge is 2.74. The van der Waals surface area contributed by atoms with Gasteiger partial charge in [-0.2, -0.15) is 0 Å². The van der Waals surface area contributed by atoms with E-state index in [0.29, 0.717) is 32.1 Å². The van der Waals surface area contributed by atoms with Crippen molar-refractivity contribution in [1.82, 2.24) is 0 Å². The highest BCUT2D eigenvalue weighted by molar-refractivity contribution is 5.80. The first-order valence-corrected chi connectivity index (χ1v) is 37.6. The maximum Gasteiger partial charge on any atom is 0.317 e. The molecule has 0 unspecified atom stereocenters. The molecule has 0 aromatic carbocycles. The normalized spacial score (nSPS) is 56.5. The number of rotatable bonds is 17. The Morgan fingerprint density at radius 1 is 0.439 bits per heavy atom. The van der Waals surface area contributed by atoms with E-state index in [2.05, 4.69) is 40.7 Å². The maximum atomic E-state index is 15.8. The van der Waals surface area contributed by atoms with Crippen molar-refractivity contribution in [2.45, 2.75) is 348 Å². The molecule has 5 aliphatic carbocycles. The predicted molar refractivity (Wildman–Crippen MR) is 353 cm³/mol. The number of hydrogen-bond donors (Lipinski definition) is 21. The minimum absolute atomic E-state index is 0.0481. The second kappa shape index (κ2) is 31.5. The van der Waals surface area contributed by atoms with Gasteiger partial charge in [-0.05, 0) is 118 Å². The molecule has 21 N–H and O–H groups in total. The molecule has 12 aliphatic rings. The number of fused-ring (bicyclic) bond motifs is 7. The highest BCUT2D eigenvalue weighted by Crippen LogP contribution is 2.76. The molecule has 0 spiro atoms. The Labute approximate surface area is 618 Å². The molecule has 7 saturated heterocycles. The van der Waals surface area contributed by atoms with Crippen LogP contribution < -0.4 is 0 Å². The fraction of sp³-hybridized carbons (Fsp3) is 0.958. The summed E-state index contributed by atoms with van der Waals surface area (Å²) in [5.74, 6) is -2.22. The van der Waals surface area contributed by atoms with Crippen LogP contribution >= 0.6 is 0 Å². The summed E-state index contributed by atoms with van der Waals surface area (Å²) in [4.78, 5) is 15.8. The second-order valence-electron chi connectivity index (χ2n) is 34.3. The van der Waals surface area contributed by atoms with Crippen LogP contribution in [0.3, 0.4) is 0 Å². The zero-order chi connectivity index (χ0) is 78.3. The zero-order valence-electron chi connectivity index (χ0n) is 61.7. The Morgan fingerprint density at radius 2 is 0.916 bits per heavy atom. The SMILES string of the molecule is C[C@@H]1O[C@@H](O[C@@H]2[C@@H](O)[C@H](O[C@@H]3[C@@H](O)[C@@H](O)[C@H](O[C@H]4[C@H](OC(=O)[C@]56CCC(C)(C)C[C@H]5C5=CC[C@@H]7[C@@]8(C)C[C@H](O)[C@H](O[C@@H]9O[C@H](CO)[C@@H](O)[C@H](O[C@@H]%10O[C@H](CO)[C@@H](O)[C@H](O)[C@H]%10O)[C@H]9O)[C@@](C)(CO)[C@@H]8CC[C@@]7(C)[C@]5(C)C[C@@H]6O)O[C@H](C)[C@H](O)[C@@H]4O)O[C@H]3C)OC[C@H]2O)[C@H](O[C@@H]2O[C@H](C)[C@H](O)[C@H](O)[C@H]2O)[C@H](O)[C@H]1O. The van der Waals surface area contributed by atoms with Crippen molar-refractivity contribution < 1.29 is 178 Å². The molecular formula is C71H116O36. The summed E-state index contributed by atoms with van der Waals surface area (Å²) >= 11 is 0. The molecule has 0 aromatic heterocycles. The number of aliphatic hydroxyl groups is 21. The van der Waals surface area contributed by atoms with E-state index in [4.69, 9.17) is 66.3 Å². The van der Waals surface area contributed by atoms with Crippen LogP contribution in [0.2, 0.25) is 0 Å². The predicted octanol–water partition coefficient (Wildman–Crippen LogP) is -6.90. The van der Waals surface area contributed by atoms with Crippen LogP contribution in [0, 0.1) is 50.2 Å². The average Bonchev–Trinajstić information content (AvgIpc) is 0.668. The molecule has 0 aromatic rings. The van der Waals surface area contributed by atoms with Crippen LogP contribution in [0.5, 0.6) is 0 Å². The van der Waals surface area contributed by atoms with Crippen molar-refractivity contribution in [2.24, 2.45) is 50.2 Å². The lowest BCUT2D eigenvalue weighted by Crippen LogP contribution is -2.71. The summed E-state index contributed by atoms with van der Waals surface area (Å²) in [6, 6.07) is 0. The molecule has 36 nitrogen and oxygen atoms in total. The first kappa shape index (κ1) is 84.3. The van der Waals surface area contributed by atoms with Crippen LogP contribution in [-0.4, -0.2) is 367 Å². The fourth-order valence-corrected chi connectivity index (χ4v) is 20.7. The third kappa shape index (κ3) is 14.4. The topological polar surface area (TPSA) is 571 Å². The molecule has 7 heterocycles. The summed E-state index contributed by atoms with van der Waals surface area (Å²) in [7, 11) is 0. The lowest BCUT2D eigenvalue weighted by molar-refractivity contribution is -0.390. The van der Waals surface area contributed by atoms with E-state index in [1.807, 2.05) is 0 Å². The molecule has 0 bridgehead atoms. The monoisotopic (exact) mass is 1540 g/mol. The van der Waals surface area contributed by atoms with Crippen molar-refractivity contribution in [3.05, 3.63) is 11.6 Å². The average molecular weight is 1550 g/mol. The summed E-state index contributed by atoms with van der Waals surface area (Å²) in [6.45, 7) is 15.1. The number of aliphatic hydroxyl groups excluding tert-OH is 21. The summed E-state index contributed by atoms with van der Waals surface area (Å²) in [5.41, 5.74) is -4.69. The molecule has 4 saturated carbocycles. The molecular weight excluding hydrogens is 1430 g/mol. The van der Waals surface area contributed by atoms with Gasteiger partial charge < -0.3 is 174 Å². The summed E-state index contributed by atoms with van der Waals surface area (Å²) < 4.78 is 83.6. The zero-order valence-corrected chi connectivity index (χ0v) is 61.7. The molecule has 7 aliphatic heterocycles. The first-order chi connectivity index (χ1) is 50.1. The first-order valence-electron chi connectivity index (χ1n) is 37.6. The highest BCUT2D eigenvalue weighted by atomic mass is 16.8. The van der Waals surface area contributed by atoms with Crippen molar-refractivity contribution in [3.63, 3.8) is 0 Å². The Balaban J connectivity index is 0.739. The van der Waals surface area contributed by atoms with Crippen LogP contribution in [0.1, 0.15) is 121 Å². The van der Waals surface area contributed by atoms with Crippen LogP contribution in [0.4, 0.5) is 0 Å². The second-order valence-corrected chi connectivity index (χ2v) is 34.3. The van der Waals surface area contributed by atoms with Gasteiger partial charge in [0.15, 0.2) is 43.8 Å². The van der Waals surface area contributed by atoms with Crippen LogP contribution in [-0.2, 0) is 71.1 Å². The maximum absolute atomic E-state index is 15.8. The van der Waals surface area contributed by atoms with Gasteiger partial charge in [0.05, 0.1) is 69.2 Å². The Morgan fingerprint density at radius 3 is 1.51 bits per heavy atom. The van der Waals surface area contributed by atoms with Gasteiger partial charge in [0.1, 0.15) is 140 Å². The summed E-state index contributed by atoms with van der Waals surface area (Å²) in [5, 5.41) is 236. The molecule has 0 amide bonds. The number of esters is 1. The number of carbonyl (C=O) groups is 1. The fourth-order valence-electron chi connectivity index (χ4n) is 20.7. The number of carbonyl (C=O) groups excluding carboxylic acids is 1. The summed E-state index contributed by atoms with van der Waals surface area (Å²) in [6.07, 6.45) is -57.2. The Bertz CT molecular complexity index is 3070.